The quantitative estimate of drug-likeness (QED) is 0.813. The summed E-state index contributed by atoms with van der Waals surface area (Å²) in [5.41, 5.74) is 10.9. The topological polar surface area (TPSA) is 26.0 Å². The highest BCUT2D eigenvalue weighted by molar-refractivity contribution is 9.10. The summed E-state index contributed by atoms with van der Waals surface area (Å²) < 4.78 is 0.967. The van der Waals surface area contributed by atoms with Crippen molar-refractivity contribution in [1.29, 1.82) is 0 Å². The Kier molecular flexibility index (Phi) is 4.58. The van der Waals surface area contributed by atoms with Crippen LogP contribution in [0.5, 0.6) is 0 Å². The molecule has 0 heterocycles. The predicted octanol–water partition coefficient (Wildman–Crippen LogP) is 5.14. The number of hydrogen-bond acceptors (Lipinski definition) is 1. The minimum absolute atomic E-state index is 0.491. The molecule has 0 saturated carbocycles. The molecule has 3 heteroatoms. The van der Waals surface area contributed by atoms with Crippen LogP contribution in [-0.4, -0.2) is 0 Å². The van der Waals surface area contributed by atoms with Crippen molar-refractivity contribution >= 4 is 27.5 Å². The van der Waals surface area contributed by atoms with Crippen molar-refractivity contribution in [3.63, 3.8) is 0 Å². The summed E-state index contributed by atoms with van der Waals surface area (Å²) in [7, 11) is 0. The molecule has 2 aromatic carbocycles. The Morgan fingerprint density at radius 2 is 1.75 bits per heavy atom. The maximum absolute atomic E-state index is 6.56. The van der Waals surface area contributed by atoms with Gasteiger partial charge in [0.2, 0.25) is 0 Å². The molecule has 0 aliphatic rings. The lowest BCUT2D eigenvalue weighted by Crippen LogP contribution is -2.36. The Morgan fingerprint density at radius 1 is 1.15 bits per heavy atom. The van der Waals surface area contributed by atoms with Crippen molar-refractivity contribution in [3.05, 3.63) is 68.1 Å². The highest BCUT2D eigenvalue weighted by Crippen LogP contribution is 2.32. The first-order valence-corrected chi connectivity index (χ1v) is 7.78. The minimum atomic E-state index is -0.491. The first kappa shape index (κ1) is 15.6. The molecule has 1 nitrogen and oxygen atoms in total. The average Bonchev–Trinajstić information content (AvgIpc) is 2.33. The SMILES string of the molecule is Cc1cccc(C)c1CC(C)(N)c1ccc(Br)cc1Cl. The molecule has 0 bridgehead atoms. The number of hydrogen-bond donors (Lipinski definition) is 1. The fourth-order valence-electron chi connectivity index (χ4n) is 2.54. The van der Waals surface area contributed by atoms with Crippen LogP contribution in [0.25, 0.3) is 0 Å². The fourth-order valence-corrected chi connectivity index (χ4v) is 3.43. The van der Waals surface area contributed by atoms with Crippen molar-refractivity contribution in [2.75, 3.05) is 0 Å². The molecule has 1 atom stereocenters. The van der Waals surface area contributed by atoms with Gasteiger partial charge >= 0.3 is 0 Å². The van der Waals surface area contributed by atoms with Crippen LogP contribution in [0.15, 0.2) is 40.9 Å². The highest BCUT2D eigenvalue weighted by Gasteiger charge is 2.25. The number of nitrogens with two attached hydrogens (primary N) is 1. The van der Waals surface area contributed by atoms with E-state index in [9.17, 15) is 0 Å². The molecule has 2 N–H and O–H groups in total. The molecule has 0 radical (unpaired) electrons. The minimum Gasteiger partial charge on any atom is -0.321 e. The maximum atomic E-state index is 6.56. The fraction of sp³-hybridized carbons (Fsp3) is 0.294. The summed E-state index contributed by atoms with van der Waals surface area (Å²) in [6, 6.07) is 12.2. The largest absolute Gasteiger partial charge is 0.321 e. The van der Waals surface area contributed by atoms with Crippen molar-refractivity contribution in [2.45, 2.75) is 32.7 Å². The highest BCUT2D eigenvalue weighted by atomic mass is 79.9. The normalized spacial score (nSPS) is 14.1. The molecule has 0 aliphatic carbocycles. The van der Waals surface area contributed by atoms with E-state index in [0.29, 0.717) is 5.02 Å². The van der Waals surface area contributed by atoms with Crippen molar-refractivity contribution in [1.82, 2.24) is 0 Å². The standard InChI is InChI=1S/C17H19BrClN/c1-11-5-4-6-12(2)14(11)10-17(3,20)15-8-7-13(18)9-16(15)19/h4-9H,10,20H2,1-3H3. The van der Waals surface area contributed by atoms with Crippen LogP contribution in [0.3, 0.4) is 0 Å². The zero-order chi connectivity index (χ0) is 14.9. The molecule has 0 aromatic heterocycles. The van der Waals surface area contributed by atoms with E-state index < -0.39 is 5.54 Å². The van der Waals surface area contributed by atoms with Crippen LogP contribution in [0, 0.1) is 13.8 Å². The second-order valence-electron chi connectivity index (χ2n) is 5.59. The van der Waals surface area contributed by atoms with Crippen molar-refractivity contribution in [3.8, 4) is 0 Å². The second kappa shape index (κ2) is 5.88. The smallest absolute Gasteiger partial charge is 0.0467 e. The van der Waals surface area contributed by atoms with Crippen LogP contribution in [-0.2, 0) is 12.0 Å². The van der Waals surface area contributed by atoms with Crippen LogP contribution in [0.2, 0.25) is 5.02 Å². The van der Waals surface area contributed by atoms with E-state index in [1.807, 2.05) is 25.1 Å². The van der Waals surface area contributed by atoms with Crippen LogP contribution >= 0.6 is 27.5 Å². The number of rotatable bonds is 3. The molecule has 0 fully saturated rings. The second-order valence-corrected chi connectivity index (χ2v) is 6.91. The van der Waals surface area contributed by atoms with Gasteiger partial charge in [0.25, 0.3) is 0 Å². The summed E-state index contributed by atoms with van der Waals surface area (Å²) in [4.78, 5) is 0. The van der Waals surface area contributed by atoms with Gasteiger partial charge < -0.3 is 5.73 Å². The molecular formula is C17H19BrClN. The van der Waals surface area contributed by atoms with E-state index in [4.69, 9.17) is 17.3 Å². The lowest BCUT2D eigenvalue weighted by atomic mass is 9.84. The van der Waals surface area contributed by atoms with E-state index in [0.717, 1.165) is 16.5 Å². The molecular weight excluding hydrogens is 334 g/mol. The van der Waals surface area contributed by atoms with Gasteiger partial charge in [-0.05, 0) is 61.6 Å². The Labute approximate surface area is 134 Å². The Hall–Kier alpha value is -0.830. The lowest BCUT2D eigenvalue weighted by molar-refractivity contribution is 0.489. The predicted molar refractivity (Wildman–Crippen MR) is 90.3 cm³/mol. The zero-order valence-electron chi connectivity index (χ0n) is 12.0. The van der Waals surface area contributed by atoms with Crippen molar-refractivity contribution in [2.24, 2.45) is 5.73 Å². The number of halogens is 2. The molecule has 0 saturated heterocycles. The van der Waals surface area contributed by atoms with Crippen molar-refractivity contribution < 1.29 is 0 Å². The van der Waals surface area contributed by atoms with Gasteiger partial charge in [0.1, 0.15) is 0 Å². The van der Waals surface area contributed by atoms with Crippen LogP contribution in [0.4, 0.5) is 0 Å². The molecule has 1 unspecified atom stereocenters. The maximum Gasteiger partial charge on any atom is 0.0467 e. The average molecular weight is 353 g/mol. The van der Waals surface area contributed by atoms with E-state index >= 15 is 0 Å². The summed E-state index contributed by atoms with van der Waals surface area (Å²) >= 11 is 9.78. The van der Waals surface area contributed by atoms with E-state index in [1.54, 1.807) is 0 Å². The van der Waals surface area contributed by atoms with Crippen LogP contribution < -0.4 is 5.73 Å². The first-order valence-electron chi connectivity index (χ1n) is 6.61. The molecule has 0 spiro atoms. The van der Waals surface area contributed by atoms with Gasteiger partial charge in [-0.15, -0.1) is 0 Å². The molecule has 20 heavy (non-hydrogen) atoms. The number of benzene rings is 2. The van der Waals surface area contributed by atoms with E-state index in [2.05, 4.69) is 48.0 Å². The van der Waals surface area contributed by atoms with Gasteiger partial charge in [0.15, 0.2) is 0 Å². The van der Waals surface area contributed by atoms with Gasteiger partial charge in [-0.25, -0.2) is 0 Å². The summed E-state index contributed by atoms with van der Waals surface area (Å²) in [6.45, 7) is 6.29. The van der Waals surface area contributed by atoms with Crippen LogP contribution in [0.1, 0.15) is 29.2 Å². The Bertz CT molecular complexity index is 615. The molecule has 0 aliphatic heterocycles. The van der Waals surface area contributed by atoms with Gasteiger partial charge in [-0.1, -0.05) is 51.8 Å². The Morgan fingerprint density at radius 3 is 2.30 bits per heavy atom. The first-order chi connectivity index (χ1) is 9.31. The van der Waals surface area contributed by atoms with Gasteiger partial charge in [0, 0.05) is 15.0 Å². The summed E-state index contributed by atoms with van der Waals surface area (Å²) in [5.74, 6) is 0. The van der Waals surface area contributed by atoms with Gasteiger partial charge in [0.05, 0.1) is 0 Å². The third kappa shape index (κ3) is 3.25. The van der Waals surface area contributed by atoms with E-state index in [1.165, 1.54) is 16.7 Å². The summed E-state index contributed by atoms with van der Waals surface area (Å²) in [5, 5.41) is 0.704. The van der Waals surface area contributed by atoms with Gasteiger partial charge in [-0.2, -0.15) is 0 Å². The molecule has 106 valence electrons. The monoisotopic (exact) mass is 351 g/mol. The number of aryl methyl sites for hydroxylation is 2. The third-order valence-corrected chi connectivity index (χ3v) is 4.54. The molecule has 0 amide bonds. The summed E-state index contributed by atoms with van der Waals surface area (Å²) in [6.07, 6.45) is 0.771. The zero-order valence-corrected chi connectivity index (χ0v) is 14.3. The molecule has 2 rings (SSSR count). The third-order valence-electron chi connectivity index (χ3n) is 3.73. The van der Waals surface area contributed by atoms with Gasteiger partial charge in [-0.3, -0.25) is 0 Å². The Balaban J connectivity index is 2.40. The van der Waals surface area contributed by atoms with E-state index in [-0.39, 0.29) is 0 Å². The lowest BCUT2D eigenvalue weighted by Gasteiger charge is -2.28. The molecule has 2 aromatic rings.